The molecule has 1 fully saturated rings. The predicted molar refractivity (Wildman–Crippen MR) is 76.0 cm³/mol. The Morgan fingerprint density at radius 2 is 2.12 bits per heavy atom. The topological polar surface area (TPSA) is 79.5 Å². The number of aliphatic imine (C=N–C) groups is 1. The number of nitrogens with zero attached hydrogens (tertiary/aromatic N) is 1. The molecule has 0 aromatic rings. The molecule has 16 heavy (non-hydrogen) atoms. The van der Waals surface area contributed by atoms with Crippen LogP contribution in [0.3, 0.4) is 0 Å². The van der Waals surface area contributed by atoms with Crippen LogP contribution in [0.15, 0.2) is 4.99 Å². The Hall–Kier alpha value is -0.530. The summed E-state index contributed by atoms with van der Waals surface area (Å²) in [6.07, 6.45) is 2.74. The number of rotatable bonds is 5. The van der Waals surface area contributed by atoms with E-state index in [1.54, 1.807) is 0 Å². The summed E-state index contributed by atoms with van der Waals surface area (Å²) in [6.45, 7) is 4.32. The molecule has 0 atom stereocenters. The number of hydrogen-bond donors (Lipinski definition) is 3. The third-order valence-corrected chi connectivity index (χ3v) is 2.00. The maximum Gasteiger partial charge on any atom is 0.222 e. The molecule has 1 saturated carbocycles. The van der Waals surface area contributed by atoms with Crippen LogP contribution < -0.4 is 16.4 Å². The lowest BCUT2D eigenvalue weighted by molar-refractivity contribution is -0.121. The Bertz CT molecular complexity index is 251. The number of nitrogens with one attached hydrogen (secondary N) is 2. The molecule has 6 heteroatoms. The zero-order valence-electron chi connectivity index (χ0n) is 9.82. The van der Waals surface area contributed by atoms with Gasteiger partial charge in [-0.3, -0.25) is 9.79 Å². The molecule has 0 spiro atoms. The molecule has 4 N–H and O–H groups in total. The van der Waals surface area contributed by atoms with Crippen LogP contribution in [0.2, 0.25) is 0 Å². The lowest BCUT2D eigenvalue weighted by Crippen LogP contribution is -2.34. The van der Waals surface area contributed by atoms with Gasteiger partial charge in [-0.1, -0.05) is 0 Å². The fourth-order valence-corrected chi connectivity index (χ4v) is 1.15. The van der Waals surface area contributed by atoms with Crippen molar-refractivity contribution in [2.24, 2.45) is 10.7 Å². The molecule has 1 amide bonds. The molecule has 5 nitrogen and oxygen atoms in total. The van der Waals surface area contributed by atoms with E-state index in [0.717, 1.165) is 0 Å². The largest absolute Gasteiger partial charge is 0.370 e. The Morgan fingerprint density at radius 1 is 1.50 bits per heavy atom. The first kappa shape index (κ1) is 15.5. The highest BCUT2D eigenvalue weighted by Gasteiger charge is 2.21. The van der Waals surface area contributed by atoms with Crippen molar-refractivity contribution in [2.45, 2.75) is 45.2 Å². The number of nitrogens with two attached hydrogens (primary N) is 1. The van der Waals surface area contributed by atoms with Crippen LogP contribution >= 0.6 is 24.0 Å². The molecule has 0 radical (unpaired) electrons. The van der Waals surface area contributed by atoms with Gasteiger partial charge in [-0.05, 0) is 26.7 Å². The van der Waals surface area contributed by atoms with Gasteiger partial charge in [-0.15, -0.1) is 24.0 Å². The zero-order valence-corrected chi connectivity index (χ0v) is 12.2. The third kappa shape index (κ3) is 7.72. The van der Waals surface area contributed by atoms with Crippen LogP contribution in [0, 0.1) is 0 Å². The van der Waals surface area contributed by atoms with Gasteiger partial charge in [0.05, 0.1) is 6.54 Å². The zero-order chi connectivity index (χ0) is 11.3. The van der Waals surface area contributed by atoms with Crippen LogP contribution in [-0.2, 0) is 4.79 Å². The summed E-state index contributed by atoms with van der Waals surface area (Å²) in [4.78, 5) is 15.3. The molecule has 0 aromatic carbocycles. The lowest BCUT2D eigenvalue weighted by atomic mass is 10.3. The quantitative estimate of drug-likeness (QED) is 0.389. The van der Waals surface area contributed by atoms with E-state index >= 15 is 0 Å². The van der Waals surface area contributed by atoms with Gasteiger partial charge in [0, 0.05) is 18.5 Å². The molecule has 0 aromatic heterocycles. The summed E-state index contributed by atoms with van der Waals surface area (Å²) in [7, 11) is 0. The predicted octanol–water partition coefficient (Wildman–Crippen LogP) is 0.586. The van der Waals surface area contributed by atoms with Crippen LogP contribution in [0.5, 0.6) is 0 Å². The van der Waals surface area contributed by atoms with Crippen LogP contribution in [0.4, 0.5) is 0 Å². The van der Waals surface area contributed by atoms with E-state index in [2.05, 4.69) is 15.6 Å². The fourth-order valence-electron chi connectivity index (χ4n) is 1.15. The second kappa shape index (κ2) is 7.70. The number of carbonyl (C=O) groups is 1. The Labute approximate surface area is 114 Å². The van der Waals surface area contributed by atoms with Crippen LogP contribution in [-0.4, -0.2) is 30.5 Å². The second-order valence-electron chi connectivity index (χ2n) is 4.16. The maximum atomic E-state index is 11.2. The van der Waals surface area contributed by atoms with Gasteiger partial charge in [0.25, 0.3) is 0 Å². The van der Waals surface area contributed by atoms with Gasteiger partial charge < -0.3 is 16.4 Å². The number of hydrogen-bond acceptors (Lipinski definition) is 2. The number of amides is 1. The first-order chi connectivity index (χ1) is 7.08. The van der Waals surface area contributed by atoms with E-state index in [0.29, 0.717) is 25.0 Å². The minimum Gasteiger partial charge on any atom is -0.370 e. The van der Waals surface area contributed by atoms with Gasteiger partial charge in [-0.2, -0.15) is 0 Å². The SMILES string of the molecule is CC(C)NC(=O)CCN=C(N)NC1CC1.I. The highest BCUT2D eigenvalue weighted by Crippen LogP contribution is 2.17. The summed E-state index contributed by atoms with van der Waals surface area (Å²) < 4.78 is 0. The molecule has 0 saturated heterocycles. The van der Waals surface area contributed by atoms with Gasteiger partial charge in [-0.25, -0.2) is 0 Å². The van der Waals surface area contributed by atoms with E-state index < -0.39 is 0 Å². The molecule has 94 valence electrons. The van der Waals surface area contributed by atoms with E-state index in [1.807, 2.05) is 13.8 Å². The van der Waals surface area contributed by atoms with Crippen LogP contribution in [0.1, 0.15) is 33.1 Å². The van der Waals surface area contributed by atoms with E-state index in [9.17, 15) is 4.79 Å². The molecule has 1 aliphatic rings. The summed E-state index contributed by atoms with van der Waals surface area (Å²) in [5.41, 5.74) is 5.61. The standard InChI is InChI=1S/C10H20N4O.HI/c1-7(2)13-9(15)5-6-12-10(11)14-8-3-4-8;/h7-8H,3-6H2,1-2H3,(H,13,15)(H3,11,12,14);1H. The van der Waals surface area contributed by atoms with Gasteiger partial charge >= 0.3 is 0 Å². The number of guanidine groups is 1. The van der Waals surface area contributed by atoms with E-state index in [4.69, 9.17) is 5.73 Å². The number of halogens is 1. The molecule has 0 unspecified atom stereocenters. The minimum atomic E-state index is 0. The minimum absolute atomic E-state index is 0. The lowest BCUT2D eigenvalue weighted by Gasteiger charge is -2.07. The van der Waals surface area contributed by atoms with Crippen LogP contribution in [0.25, 0.3) is 0 Å². The summed E-state index contributed by atoms with van der Waals surface area (Å²) >= 11 is 0. The van der Waals surface area contributed by atoms with Crippen molar-refractivity contribution in [2.75, 3.05) is 6.54 Å². The molecular weight excluding hydrogens is 319 g/mol. The average Bonchev–Trinajstić information content (AvgIpc) is 2.86. The molecule has 0 aliphatic heterocycles. The van der Waals surface area contributed by atoms with Crippen molar-refractivity contribution >= 4 is 35.8 Å². The first-order valence-electron chi connectivity index (χ1n) is 5.43. The normalized spacial score (nSPS) is 15.6. The highest BCUT2D eigenvalue weighted by molar-refractivity contribution is 14.0. The Balaban J connectivity index is 0.00000225. The van der Waals surface area contributed by atoms with E-state index in [1.165, 1.54) is 12.8 Å². The highest BCUT2D eigenvalue weighted by atomic mass is 127. The molecule has 0 bridgehead atoms. The smallest absolute Gasteiger partial charge is 0.222 e. The van der Waals surface area contributed by atoms with Crippen molar-refractivity contribution in [3.05, 3.63) is 0 Å². The van der Waals surface area contributed by atoms with Crippen molar-refractivity contribution in [3.8, 4) is 0 Å². The summed E-state index contributed by atoms with van der Waals surface area (Å²) in [5, 5.41) is 5.86. The summed E-state index contributed by atoms with van der Waals surface area (Å²) in [5.74, 6) is 0.475. The van der Waals surface area contributed by atoms with Crippen molar-refractivity contribution in [3.63, 3.8) is 0 Å². The summed E-state index contributed by atoms with van der Waals surface area (Å²) in [6, 6.07) is 0.696. The van der Waals surface area contributed by atoms with Crippen molar-refractivity contribution < 1.29 is 4.79 Å². The van der Waals surface area contributed by atoms with Crippen molar-refractivity contribution in [1.82, 2.24) is 10.6 Å². The first-order valence-corrected chi connectivity index (χ1v) is 5.43. The Kier molecular flexibility index (Phi) is 7.44. The van der Waals surface area contributed by atoms with Gasteiger partial charge in [0.1, 0.15) is 0 Å². The third-order valence-electron chi connectivity index (χ3n) is 2.00. The fraction of sp³-hybridized carbons (Fsp3) is 0.800. The Morgan fingerprint density at radius 3 is 2.62 bits per heavy atom. The van der Waals surface area contributed by atoms with E-state index in [-0.39, 0.29) is 35.9 Å². The molecule has 0 heterocycles. The van der Waals surface area contributed by atoms with Crippen molar-refractivity contribution in [1.29, 1.82) is 0 Å². The second-order valence-corrected chi connectivity index (χ2v) is 4.16. The molecular formula is C10H21IN4O. The molecule has 1 rings (SSSR count). The number of carbonyl (C=O) groups excluding carboxylic acids is 1. The molecule has 1 aliphatic carbocycles. The van der Waals surface area contributed by atoms with Gasteiger partial charge in [0.15, 0.2) is 5.96 Å². The maximum absolute atomic E-state index is 11.2. The average molecular weight is 340 g/mol. The van der Waals surface area contributed by atoms with Gasteiger partial charge in [0.2, 0.25) is 5.91 Å². The monoisotopic (exact) mass is 340 g/mol.